The fraction of sp³-hybridized carbons (Fsp3) is 0.238. The van der Waals surface area contributed by atoms with Gasteiger partial charge in [0.25, 0.3) is 0 Å². The summed E-state index contributed by atoms with van der Waals surface area (Å²) in [5.41, 5.74) is 2.48. The molecule has 0 radical (unpaired) electrons. The van der Waals surface area contributed by atoms with Crippen LogP contribution in [0.2, 0.25) is 0 Å². The van der Waals surface area contributed by atoms with E-state index in [2.05, 4.69) is 23.1 Å². The maximum absolute atomic E-state index is 13.9. The van der Waals surface area contributed by atoms with E-state index in [0.29, 0.717) is 12.1 Å². The van der Waals surface area contributed by atoms with Gasteiger partial charge < -0.3 is 9.47 Å². The third-order valence-electron chi connectivity index (χ3n) is 4.28. The summed E-state index contributed by atoms with van der Waals surface area (Å²) < 4.78 is 16.0. The quantitative estimate of drug-likeness (QED) is 0.425. The van der Waals surface area contributed by atoms with Gasteiger partial charge in [0.15, 0.2) is 5.16 Å². The zero-order chi connectivity index (χ0) is 19.2. The second kappa shape index (κ2) is 8.86. The van der Waals surface area contributed by atoms with E-state index in [1.807, 2.05) is 24.3 Å². The van der Waals surface area contributed by atoms with Crippen LogP contribution >= 0.6 is 11.8 Å². The molecule has 0 bridgehead atoms. The van der Waals surface area contributed by atoms with Gasteiger partial charge in [-0.05, 0) is 25.1 Å². The Morgan fingerprint density at radius 1 is 1.26 bits per heavy atom. The number of benzene rings is 2. The zero-order valence-electron chi connectivity index (χ0n) is 15.3. The highest BCUT2D eigenvalue weighted by atomic mass is 32.2. The van der Waals surface area contributed by atoms with Gasteiger partial charge >= 0.3 is 0 Å². The maximum atomic E-state index is 13.9. The molecule has 2 aromatic carbocycles. The van der Waals surface area contributed by atoms with Gasteiger partial charge in [0, 0.05) is 25.2 Å². The minimum atomic E-state index is -0.306. The number of fused-ring (bicyclic) bond motifs is 1. The lowest BCUT2D eigenvalue weighted by molar-refractivity contribution is -0.128. The lowest BCUT2D eigenvalue weighted by Gasteiger charge is -2.21. The summed E-state index contributed by atoms with van der Waals surface area (Å²) in [5.74, 6) is -0.135. The predicted octanol–water partition coefficient (Wildman–Crippen LogP) is 4.50. The SMILES string of the molecule is C=CCN(Cc1ccccc1F)C(=O)CSc1nc2ccccc2n1CC. The van der Waals surface area contributed by atoms with Crippen molar-refractivity contribution in [3.8, 4) is 0 Å². The van der Waals surface area contributed by atoms with Crippen LogP contribution in [-0.4, -0.2) is 32.7 Å². The third kappa shape index (κ3) is 4.39. The van der Waals surface area contributed by atoms with Crippen molar-refractivity contribution in [2.24, 2.45) is 0 Å². The lowest BCUT2D eigenvalue weighted by Crippen LogP contribution is -2.32. The minimum absolute atomic E-state index is 0.0714. The van der Waals surface area contributed by atoms with Gasteiger partial charge in [0.2, 0.25) is 5.91 Å². The van der Waals surface area contributed by atoms with Gasteiger partial charge in [0.05, 0.1) is 16.8 Å². The van der Waals surface area contributed by atoms with Crippen LogP contribution in [0, 0.1) is 5.82 Å². The Morgan fingerprint density at radius 2 is 2.00 bits per heavy atom. The fourth-order valence-electron chi connectivity index (χ4n) is 2.93. The summed E-state index contributed by atoms with van der Waals surface area (Å²) in [6.07, 6.45) is 1.66. The Balaban J connectivity index is 1.73. The van der Waals surface area contributed by atoms with Crippen LogP contribution in [0.3, 0.4) is 0 Å². The van der Waals surface area contributed by atoms with E-state index >= 15 is 0 Å². The molecule has 1 aromatic heterocycles. The van der Waals surface area contributed by atoms with Crippen molar-refractivity contribution in [3.63, 3.8) is 0 Å². The van der Waals surface area contributed by atoms with Crippen molar-refractivity contribution in [2.75, 3.05) is 12.3 Å². The topological polar surface area (TPSA) is 38.1 Å². The summed E-state index contributed by atoms with van der Waals surface area (Å²) in [4.78, 5) is 19.0. The molecular formula is C21H22FN3OS. The molecule has 3 rings (SSSR count). The second-order valence-corrected chi connectivity index (χ2v) is 7.01. The van der Waals surface area contributed by atoms with E-state index in [1.54, 1.807) is 29.2 Å². The van der Waals surface area contributed by atoms with E-state index in [4.69, 9.17) is 0 Å². The third-order valence-corrected chi connectivity index (χ3v) is 5.24. The first-order valence-electron chi connectivity index (χ1n) is 8.84. The van der Waals surface area contributed by atoms with Crippen molar-refractivity contribution >= 4 is 28.7 Å². The van der Waals surface area contributed by atoms with E-state index in [9.17, 15) is 9.18 Å². The largest absolute Gasteiger partial charge is 0.334 e. The number of imidazole rings is 1. The highest BCUT2D eigenvalue weighted by Crippen LogP contribution is 2.24. The Morgan fingerprint density at radius 3 is 2.74 bits per heavy atom. The number of aryl methyl sites for hydroxylation is 1. The molecule has 0 unspecified atom stereocenters. The number of para-hydroxylation sites is 2. The van der Waals surface area contributed by atoms with E-state index in [0.717, 1.165) is 22.7 Å². The first-order chi connectivity index (χ1) is 13.1. The molecule has 1 amide bonds. The summed E-state index contributed by atoms with van der Waals surface area (Å²) >= 11 is 1.41. The summed E-state index contributed by atoms with van der Waals surface area (Å²) in [5, 5.41) is 0.816. The lowest BCUT2D eigenvalue weighted by atomic mass is 10.2. The van der Waals surface area contributed by atoms with Gasteiger partial charge in [-0.15, -0.1) is 6.58 Å². The van der Waals surface area contributed by atoms with Gasteiger partial charge in [-0.3, -0.25) is 4.79 Å². The average molecular weight is 383 g/mol. The normalized spacial score (nSPS) is 10.9. The molecule has 6 heteroatoms. The number of carbonyl (C=O) groups is 1. The first kappa shape index (κ1) is 19.2. The molecule has 0 atom stereocenters. The van der Waals surface area contributed by atoms with Crippen molar-refractivity contribution in [2.45, 2.75) is 25.2 Å². The number of hydrogen-bond donors (Lipinski definition) is 0. The number of carbonyl (C=O) groups excluding carboxylic acids is 1. The Bertz CT molecular complexity index is 954. The molecule has 0 N–H and O–H groups in total. The summed E-state index contributed by atoms with van der Waals surface area (Å²) in [6.45, 7) is 7.15. The minimum Gasteiger partial charge on any atom is -0.334 e. The second-order valence-electron chi connectivity index (χ2n) is 6.07. The molecule has 0 saturated carbocycles. The monoisotopic (exact) mass is 383 g/mol. The molecule has 0 aliphatic carbocycles. The van der Waals surface area contributed by atoms with Crippen molar-refractivity contribution in [3.05, 3.63) is 72.6 Å². The van der Waals surface area contributed by atoms with E-state index in [1.165, 1.54) is 17.8 Å². The molecular weight excluding hydrogens is 361 g/mol. The van der Waals surface area contributed by atoms with Crippen LogP contribution in [0.25, 0.3) is 11.0 Å². The van der Waals surface area contributed by atoms with Gasteiger partial charge in [-0.25, -0.2) is 9.37 Å². The molecule has 0 fully saturated rings. The highest BCUT2D eigenvalue weighted by Gasteiger charge is 2.17. The average Bonchev–Trinajstić information content (AvgIpc) is 3.04. The standard InChI is InChI=1S/C21H22FN3OS/c1-3-13-24(14-16-9-5-6-10-17(16)22)20(26)15-27-21-23-18-11-7-8-12-19(18)25(21)4-2/h3,5-12H,1,4,13-15H2,2H3. The predicted molar refractivity (Wildman–Crippen MR) is 108 cm³/mol. The zero-order valence-corrected chi connectivity index (χ0v) is 16.1. The van der Waals surface area contributed by atoms with Crippen LogP contribution in [0.5, 0.6) is 0 Å². The van der Waals surface area contributed by atoms with Crippen LogP contribution in [0.4, 0.5) is 4.39 Å². The van der Waals surface area contributed by atoms with Crippen molar-refractivity contribution in [1.82, 2.24) is 14.5 Å². The Kier molecular flexibility index (Phi) is 6.29. The number of amides is 1. The molecule has 0 saturated heterocycles. The van der Waals surface area contributed by atoms with Gasteiger partial charge in [-0.1, -0.05) is 48.2 Å². The van der Waals surface area contributed by atoms with Crippen LogP contribution < -0.4 is 0 Å². The number of thioether (sulfide) groups is 1. The summed E-state index contributed by atoms with van der Waals surface area (Å²) in [7, 11) is 0. The van der Waals surface area contributed by atoms with Crippen molar-refractivity contribution < 1.29 is 9.18 Å². The van der Waals surface area contributed by atoms with Gasteiger partial charge in [-0.2, -0.15) is 0 Å². The van der Waals surface area contributed by atoms with Crippen LogP contribution in [-0.2, 0) is 17.9 Å². The molecule has 140 valence electrons. The molecule has 0 aliphatic rings. The molecule has 0 spiro atoms. The molecule has 1 heterocycles. The van der Waals surface area contributed by atoms with E-state index < -0.39 is 0 Å². The number of rotatable bonds is 8. The number of halogens is 1. The smallest absolute Gasteiger partial charge is 0.233 e. The highest BCUT2D eigenvalue weighted by molar-refractivity contribution is 7.99. The maximum Gasteiger partial charge on any atom is 0.233 e. The first-order valence-corrected chi connectivity index (χ1v) is 9.82. The summed E-state index contributed by atoms with van der Waals surface area (Å²) in [6, 6.07) is 14.4. The molecule has 4 nitrogen and oxygen atoms in total. The Labute approximate surface area is 162 Å². The number of aromatic nitrogens is 2. The molecule has 3 aromatic rings. The number of hydrogen-bond acceptors (Lipinski definition) is 3. The molecule has 27 heavy (non-hydrogen) atoms. The van der Waals surface area contributed by atoms with E-state index in [-0.39, 0.29) is 24.0 Å². The van der Waals surface area contributed by atoms with Gasteiger partial charge in [0.1, 0.15) is 5.82 Å². The van der Waals surface area contributed by atoms with Crippen molar-refractivity contribution in [1.29, 1.82) is 0 Å². The molecule has 0 aliphatic heterocycles. The van der Waals surface area contributed by atoms with Crippen LogP contribution in [0.15, 0.2) is 66.3 Å². The Hall–Kier alpha value is -2.60. The number of nitrogens with zero attached hydrogens (tertiary/aromatic N) is 3. The fourth-order valence-corrected chi connectivity index (χ4v) is 3.91. The van der Waals surface area contributed by atoms with Crippen LogP contribution in [0.1, 0.15) is 12.5 Å².